The fourth-order valence-electron chi connectivity index (χ4n) is 1.24. The lowest BCUT2D eigenvalue weighted by atomic mass is 9.83. The van der Waals surface area contributed by atoms with Gasteiger partial charge in [0.05, 0.1) is 16.9 Å². The molecule has 1 aromatic rings. The van der Waals surface area contributed by atoms with Crippen molar-refractivity contribution in [2.45, 2.75) is 58.8 Å². The Bertz CT molecular complexity index is 428. The van der Waals surface area contributed by atoms with Crippen LogP contribution in [0.1, 0.15) is 33.4 Å². The summed E-state index contributed by atoms with van der Waals surface area (Å²) in [5, 5.41) is 13.9. The second-order valence-corrected chi connectivity index (χ2v) is 5.59. The van der Waals surface area contributed by atoms with Crippen molar-refractivity contribution >= 4 is 12.9 Å². The van der Waals surface area contributed by atoms with Crippen LogP contribution in [0, 0.1) is 6.92 Å². The summed E-state index contributed by atoms with van der Waals surface area (Å²) in [5.41, 5.74) is -0.606. The third-order valence-electron chi connectivity index (χ3n) is 3.26. The van der Waals surface area contributed by atoms with Crippen LogP contribution in [-0.4, -0.2) is 40.0 Å². The van der Waals surface area contributed by atoms with E-state index in [1.807, 2.05) is 0 Å². The summed E-state index contributed by atoms with van der Waals surface area (Å²) >= 11 is 0. The predicted octanol–water partition coefficient (Wildman–Crippen LogP) is 1.27. The Morgan fingerprint density at radius 3 is 2.47 bits per heavy atom. The molecule has 0 saturated carbocycles. The van der Waals surface area contributed by atoms with Gasteiger partial charge in [-0.3, -0.25) is 4.68 Å². The summed E-state index contributed by atoms with van der Waals surface area (Å²) in [5.74, 6) is 0. The summed E-state index contributed by atoms with van der Waals surface area (Å²) in [6.07, 6.45) is -0.942. The summed E-state index contributed by atoms with van der Waals surface area (Å²) in [4.78, 5) is 0. The van der Waals surface area contributed by atoms with Crippen molar-refractivity contribution in [1.82, 2.24) is 9.78 Å². The topological polar surface area (TPSA) is 47.3 Å². The van der Waals surface area contributed by atoms with E-state index in [0.29, 0.717) is 11.2 Å². The lowest BCUT2D eigenvalue weighted by molar-refractivity contribution is -0.0893. The first-order valence-corrected chi connectivity index (χ1v) is 6.08. The van der Waals surface area contributed by atoms with E-state index >= 15 is 0 Å². The number of nitrogens with zero attached hydrogens (tertiary/aromatic N) is 2. The smallest absolute Gasteiger partial charge is 0.334 e. The number of aromatic nitrogens is 2. The van der Waals surface area contributed by atoms with Crippen molar-refractivity contribution in [1.29, 1.82) is 0 Å². The van der Waals surface area contributed by atoms with Gasteiger partial charge in [-0.2, -0.15) is 5.10 Å². The van der Waals surface area contributed by atoms with Crippen LogP contribution >= 0.6 is 0 Å². The third kappa shape index (κ3) is 4.28. The maximum Gasteiger partial charge on any atom is 0.334 e. The second-order valence-electron chi connectivity index (χ2n) is 5.59. The van der Waals surface area contributed by atoms with Gasteiger partial charge >= 0.3 is 7.48 Å². The SMILES string of the molecule is Cc1nn(CC(F)F)cc1[B]OC(C)(C)C(C)(C)O. The molecule has 7 heteroatoms. The Morgan fingerprint density at radius 1 is 1.42 bits per heavy atom. The minimum Gasteiger partial charge on any atom is -0.426 e. The average Bonchev–Trinajstić information content (AvgIpc) is 2.53. The molecule has 4 nitrogen and oxygen atoms in total. The molecule has 0 aliphatic heterocycles. The van der Waals surface area contributed by atoms with Gasteiger partial charge in [0.25, 0.3) is 6.43 Å². The van der Waals surface area contributed by atoms with Crippen molar-refractivity contribution in [3.05, 3.63) is 11.9 Å². The van der Waals surface area contributed by atoms with Crippen LogP contribution in [0.25, 0.3) is 0 Å². The molecule has 0 unspecified atom stereocenters. The van der Waals surface area contributed by atoms with Gasteiger partial charge in [-0.1, -0.05) is 0 Å². The third-order valence-corrected chi connectivity index (χ3v) is 3.26. The molecule has 1 rings (SSSR count). The second kappa shape index (κ2) is 5.59. The minimum atomic E-state index is -2.44. The van der Waals surface area contributed by atoms with E-state index in [-0.39, 0.29) is 0 Å². The highest BCUT2D eigenvalue weighted by atomic mass is 19.3. The van der Waals surface area contributed by atoms with E-state index in [9.17, 15) is 13.9 Å². The van der Waals surface area contributed by atoms with Gasteiger partial charge in [-0.05, 0) is 40.1 Å². The molecule has 1 radical (unpaired) electrons. The molecule has 0 fully saturated rings. The molecule has 107 valence electrons. The summed E-state index contributed by atoms with van der Waals surface area (Å²) in [6.45, 7) is 8.07. The van der Waals surface area contributed by atoms with E-state index in [0.717, 1.165) is 0 Å². The summed E-state index contributed by atoms with van der Waals surface area (Å²) < 4.78 is 31.3. The van der Waals surface area contributed by atoms with Gasteiger partial charge in [-0.15, -0.1) is 0 Å². The highest BCUT2D eigenvalue weighted by Gasteiger charge is 2.36. The van der Waals surface area contributed by atoms with Gasteiger partial charge in [0.2, 0.25) is 0 Å². The molecule has 1 N–H and O–H groups in total. The number of aliphatic hydroxyl groups is 1. The van der Waals surface area contributed by atoms with Gasteiger partial charge < -0.3 is 9.76 Å². The van der Waals surface area contributed by atoms with E-state index < -0.39 is 24.2 Å². The minimum absolute atomic E-state index is 0.441. The molecule has 0 spiro atoms. The number of rotatable bonds is 6. The molecule has 0 bridgehead atoms. The highest BCUT2D eigenvalue weighted by Crippen LogP contribution is 2.24. The number of hydrogen-bond donors (Lipinski definition) is 1. The predicted molar refractivity (Wildman–Crippen MR) is 69.8 cm³/mol. The Morgan fingerprint density at radius 2 is 2.00 bits per heavy atom. The average molecular weight is 273 g/mol. The van der Waals surface area contributed by atoms with E-state index in [2.05, 4.69) is 5.10 Å². The first kappa shape index (κ1) is 16.1. The van der Waals surface area contributed by atoms with Crippen LogP contribution in [0.4, 0.5) is 8.78 Å². The number of alkyl halides is 2. The van der Waals surface area contributed by atoms with Crippen molar-refractivity contribution < 1.29 is 18.5 Å². The summed E-state index contributed by atoms with van der Waals surface area (Å²) in [7, 11) is 1.45. The van der Waals surface area contributed by atoms with Crippen molar-refractivity contribution in [2.24, 2.45) is 0 Å². The molecular formula is C12H20BF2N2O2. The lowest BCUT2D eigenvalue weighted by Gasteiger charge is -2.37. The van der Waals surface area contributed by atoms with Crippen LogP contribution in [-0.2, 0) is 11.2 Å². The molecule has 0 amide bonds. The fraction of sp³-hybridized carbons (Fsp3) is 0.750. The van der Waals surface area contributed by atoms with Gasteiger partial charge in [-0.25, -0.2) is 8.78 Å². The number of halogens is 2. The molecule has 1 aromatic heterocycles. The molecule has 0 aliphatic rings. The highest BCUT2D eigenvalue weighted by molar-refractivity contribution is 6.47. The molecule has 0 atom stereocenters. The molecular weight excluding hydrogens is 253 g/mol. The molecule has 0 aromatic carbocycles. The molecule has 1 heterocycles. The van der Waals surface area contributed by atoms with Gasteiger partial charge in [0, 0.05) is 6.20 Å². The lowest BCUT2D eigenvalue weighted by Crippen LogP contribution is -2.49. The van der Waals surface area contributed by atoms with Gasteiger partial charge in [0.15, 0.2) is 0 Å². The van der Waals surface area contributed by atoms with Crippen molar-refractivity contribution in [3.8, 4) is 0 Å². The fourth-order valence-corrected chi connectivity index (χ4v) is 1.24. The Balaban J connectivity index is 2.71. The van der Waals surface area contributed by atoms with E-state index in [4.69, 9.17) is 4.65 Å². The van der Waals surface area contributed by atoms with Crippen LogP contribution in [0.5, 0.6) is 0 Å². The molecule has 0 saturated heterocycles. The maximum atomic E-state index is 12.3. The number of hydrogen-bond acceptors (Lipinski definition) is 3. The monoisotopic (exact) mass is 273 g/mol. The van der Waals surface area contributed by atoms with Crippen LogP contribution in [0.3, 0.4) is 0 Å². The van der Waals surface area contributed by atoms with Crippen molar-refractivity contribution in [2.75, 3.05) is 0 Å². The quantitative estimate of drug-likeness (QED) is 0.794. The first-order valence-electron chi connectivity index (χ1n) is 6.08. The zero-order valence-electron chi connectivity index (χ0n) is 11.9. The van der Waals surface area contributed by atoms with E-state index in [1.54, 1.807) is 34.6 Å². The Labute approximate surface area is 113 Å². The van der Waals surface area contributed by atoms with Crippen LogP contribution < -0.4 is 5.46 Å². The Hall–Kier alpha value is -0.945. The maximum absolute atomic E-state index is 12.3. The standard InChI is InChI=1S/C12H20BF2N2O2/c1-8-9(6-17(16-8)7-10(14)15)13-19-12(4,5)11(2,3)18/h6,10,18H,7H2,1-5H3. The molecule has 0 aliphatic carbocycles. The largest absolute Gasteiger partial charge is 0.426 e. The van der Waals surface area contributed by atoms with Crippen LogP contribution in [0.15, 0.2) is 6.20 Å². The van der Waals surface area contributed by atoms with Gasteiger partial charge in [0.1, 0.15) is 6.54 Å². The van der Waals surface area contributed by atoms with E-state index in [1.165, 1.54) is 18.4 Å². The molecule has 19 heavy (non-hydrogen) atoms. The Kier molecular flexibility index (Phi) is 4.74. The summed E-state index contributed by atoms with van der Waals surface area (Å²) in [6, 6.07) is 0. The normalized spacial score (nSPS) is 13.1. The number of aryl methyl sites for hydroxylation is 1. The first-order chi connectivity index (χ1) is 8.53. The van der Waals surface area contributed by atoms with Crippen LogP contribution in [0.2, 0.25) is 0 Å². The van der Waals surface area contributed by atoms with Crippen molar-refractivity contribution in [3.63, 3.8) is 0 Å². The zero-order valence-corrected chi connectivity index (χ0v) is 11.9. The zero-order chi connectivity index (χ0) is 14.8.